The fourth-order valence-corrected chi connectivity index (χ4v) is 2.23. The molecular weight excluding hydrogens is 274 g/mol. The molecule has 0 spiro atoms. The first-order valence-electron chi connectivity index (χ1n) is 7.48. The summed E-state index contributed by atoms with van der Waals surface area (Å²) in [6, 6.07) is 17.8. The zero-order valence-corrected chi connectivity index (χ0v) is 13.4. The van der Waals surface area contributed by atoms with Crippen LogP contribution in [0.25, 0.3) is 11.1 Å². The molecule has 1 atom stereocenters. The number of carbonyl (C=O) groups is 1. The summed E-state index contributed by atoms with van der Waals surface area (Å²) in [4.78, 5) is 11.8. The van der Waals surface area contributed by atoms with Crippen LogP contribution in [-0.2, 0) is 9.53 Å². The molecule has 22 heavy (non-hydrogen) atoms. The molecule has 0 unspecified atom stereocenters. The van der Waals surface area contributed by atoms with Crippen molar-refractivity contribution < 1.29 is 9.53 Å². The number of rotatable bonds is 4. The van der Waals surface area contributed by atoms with Gasteiger partial charge in [0.1, 0.15) is 5.60 Å². The second-order valence-electron chi connectivity index (χ2n) is 6.39. The molecular formula is C19H23NO2. The molecule has 0 heterocycles. The molecule has 3 heteroatoms. The summed E-state index contributed by atoms with van der Waals surface area (Å²) in [5.41, 5.74) is 8.86. The summed E-state index contributed by atoms with van der Waals surface area (Å²) in [5, 5.41) is 0. The van der Waals surface area contributed by atoms with Crippen molar-refractivity contribution in [3.05, 3.63) is 60.2 Å². The zero-order valence-electron chi connectivity index (χ0n) is 13.4. The summed E-state index contributed by atoms with van der Waals surface area (Å²) in [6.07, 6.45) is 0.182. The van der Waals surface area contributed by atoms with E-state index in [-0.39, 0.29) is 18.4 Å². The highest BCUT2D eigenvalue weighted by molar-refractivity contribution is 5.71. The van der Waals surface area contributed by atoms with E-state index in [1.165, 1.54) is 0 Å². The summed E-state index contributed by atoms with van der Waals surface area (Å²) >= 11 is 0. The molecule has 0 radical (unpaired) electrons. The molecule has 0 bridgehead atoms. The van der Waals surface area contributed by atoms with Crippen LogP contribution in [0.1, 0.15) is 38.8 Å². The fourth-order valence-electron chi connectivity index (χ4n) is 2.23. The quantitative estimate of drug-likeness (QED) is 0.865. The Morgan fingerprint density at radius 3 is 2.09 bits per heavy atom. The number of benzene rings is 2. The third kappa shape index (κ3) is 4.71. The van der Waals surface area contributed by atoms with Gasteiger partial charge >= 0.3 is 5.97 Å². The van der Waals surface area contributed by atoms with E-state index >= 15 is 0 Å². The largest absolute Gasteiger partial charge is 0.460 e. The van der Waals surface area contributed by atoms with Crippen molar-refractivity contribution in [3.63, 3.8) is 0 Å². The average molecular weight is 297 g/mol. The van der Waals surface area contributed by atoms with E-state index in [0.29, 0.717) is 0 Å². The third-order valence-electron chi connectivity index (χ3n) is 3.25. The number of carbonyl (C=O) groups excluding carboxylic acids is 1. The molecule has 0 aliphatic carbocycles. The monoisotopic (exact) mass is 297 g/mol. The molecule has 2 rings (SSSR count). The maximum atomic E-state index is 11.8. The number of esters is 1. The lowest BCUT2D eigenvalue weighted by molar-refractivity contribution is -0.155. The molecule has 0 aliphatic rings. The second kappa shape index (κ2) is 6.75. The maximum Gasteiger partial charge on any atom is 0.308 e. The van der Waals surface area contributed by atoms with Crippen molar-refractivity contribution in [2.75, 3.05) is 0 Å². The number of hydrogen-bond acceptors (Lipinski definition) is 3. The SMILES string of the molecule is CC(C)(C)OC(=O)C[C@@H](N)c1ccc(-c2ccccc2)cc1. The summed E-state index contributed by atoms with van der Waals surface area (Å²) in [5.74, 6) is -0.271. The van der Waals surface area contributed by atoms with Crippen LogP contribution >= 0.6 is 0 Å². The van der Waals surface area contributed by atoms with E-state index in [0.717, 1.165) is 16.7 Å². The van der Waals surface area contributed by atoms with Crippen molar-refractivity contribution in [3.8, 4) is 11.1 Å². The van der Waals surface area contributed by atoms with Gasteiger partial charge in [-0.05, 0) is 37.5 Å². The lowest BCUT2D eigenvalue weighted by Gasteiger charge is -2.21. The van der Waals surface area contributed by atoms with E-state index < -0.39 is 5.60 Å². The van der Waals surface area contributed by atoms with E-state index in [2.05, 4.69) is 12.1 Å². The Bertz CT molecular complexity index is 612. The molecule has 0 amide bonds. The molecule has 0 aliphatic heterocycles. The highest BCUT2D eigenvalue weighted by atomic mass is 16.6. The van der Waals surface area contributed by atoms with Gasteiger partial charge in [0.25, 0.3) is 0 Å². The van der Waals surface area contributed by atoms with Crippen LogP contribution in [0.15, 0.2) is 54.6 Å². The van der Waals surface area contributed by atoms with Gasteiger partial charge < -0.3 is 10.5 Å². The normalized spacial score (nSPS) is 12.7. The molecule has 0 saturated carbocycles. The minimum atomic E-state index is -0.478. The van der Waals surface area contributed by atoms with Crippen LogP contribution < -0.4 is 5.73 Å². The number of hydrogen-bond donors (Lipinski definition) is 1. The summed E-state index contributed by atoms with van der Waals surface area (Å²) in [7, 11) is 0. The Balaban J connectivity index is 2.02. The van der Waals surface area contributed by atoms with Crippen LogP contribution in [0.3, 0.4) is 0 Å². The van der Waals surface area contributed by atoms with Gasteiger partial charge in [-0.3, -0.25) is 4.79 Å². The number of nitrogens with two attached hydrogens (primary N) is 1. The van der Waals surface area contributed by atoms with Gasteiger partial charge in [0.05, 0.1) is 6.42 Å². The highest BCUT2D eigenvalue weighted by Gasteiger charge is 2.19. The molecule has 116 valence electrons. The van der Waals surface area contributed by atoms with Crippen LogP contribution in [0, 0.1) is 0 Å². The maximum absolute atomic E-state index is 11.8. The number of ether oxygens (including phenoxy) is 1. The van der Waals surface area contributed by atoms with Crippen molar-refractivity contribution in [2.24, 2.45) is 5.73 Å². The Hall–Kier alpha value is -2.13. The summed E-state index contributed by atoms with van der Waals surface area (Å²) < 4.78 is 5.30. The third-order valence-corrected chi connectivity index (χ3v) is 3.25. The van der Waals surface area contributed by atoms with Gasteiger partial charge in [-0.1, -0.05) is 54.6 Å². The van der Waals surface area contributed by atoms with Crippen LogP contribution in [0.2, 0.25) is 0 Å². The van der Waals surface area contributed by atoms with Gasteiger partial charge in [-0.15, -0.1) is 0 Å². The van der Waals surface area contributed by atoms with Crippen LogP contribution in [0.4, 0.5) is 0 Å². The van der Waals surface area contributed by atoms with Gasteiger partial charge in [-0.25, -0.2) is 0 Å². The molecule has 0 saturated heterocycles. The first-order chi connectivity index (χ1) is 10.3. The molecule has 0 fully saturated rings. The standard InChI is InChI=1S/C19H23NO2/c1-19(2,3)22-18(21)13-17(20)16-11-9-15(10-12-16)14-7-5-4-6-8-14/h4-12,17H,13,20H2,1-3H3/t17-/m1/s1. The van der Waals surface area contributed by atoms with Crippen molar-refractivity contribution in [1.82, 2.24) is 0 Å². The Labute approximate surface area is 132 Å². The lowest BCUT2D eigenvalue weighted by Crippen LogP contribution is -2.26. The zero-order chi connectivity index (χ0) is 16.2. The fraction of sp³-hybridized carbons (Fsp3) is 0.316. The Morgan fingerprint density at radius 1 is 1.00 bits per heavy atom. The molecule has 0 aromatic heterocycles. The summed E-state index contributed by atoms with van der Waals surface area (Å²) in [6.45, 7) is 5.56. The predicted molar refractivity (Wildman–Crippen MR) is 89.3 cm³/mol. The Morgan fingerprint density at radius 2 is 1.55 bits per heavy atom. The minimum Gasteiger partial charge on any atom is -0.460 e. The van der Waals surface area contributed by atoms with E-state index in [1.54, 1.807) is 0 Å². The van der Waals surface area contributed by atoms with E-state index in [4.69, 9.17) is 10.5 Å². The van der Waals surface area contributed by atoms with E-state index in [9.17, 15) is 4.79 Å². The van der Waals surface area contributed by atoms with Crippen molar-refractivity contribution in [2.45, 2.75) is 38.8 Å². The van der Waals surface area contributed by atoms with Crippen molar-refractivity contribution >= 4 is 5.97 Å². The highest BCUT2D eigenvalue weighted by Crippen LogP contribution is 2.23. The van der Waals surface area contributed by atoms with Crippen molar-refractivity contribution in [1.29, 1.82) is 0 Å². The van der Waals surface area contributed by atoms with Crippen LogP contribution in [-0.4, -0.2) is 11.6 Å². The first kappa shape index (κ1) is 16.2. The van der Waals surface area contributed by atoms with Gasteiger partial charge in [-0.2, -0.15) is 0 Å². The molecule has 3 nitrogen and oxygen atoms in total. The average Bonchev–Trinajstić information content (AvgIpc) is 2.46. The van der Waals surface area contributed by atoms with E-state index in [1.807, 2.05) is 63.2 Å². The van der Waals surface area contributed by atoms with Crippen LogP contribution in [0.5, 0.6) is 0 Å². The van der Waals surface area contributed by atoms with Gasteiger partial charge in [0.2, 0.25) is 0 Å². The second-order valence-corrected chi connectivity index (χ2v) is 6.39. The lowest BCUT2D eigenvalue weighted by atomic mass is 9.99. The topological polar surface area (TPSA) is 52.3 Å². The molecule has 2 aromatic rings. The minimum absolute atomic E-state index is 0.182. The van der Waals surface area contributed by atoms with Gasteiger partial charge in [0, 0.05) is 6.04 Å². The van der Waals surface area contributed by atoms with Gasteiger partial charge in [0.15, 0.2) is 0 Å². The molecule has 2 aromatic carbocycles. The Kier molecular flexibility index (Phi) is 4.99. The smallest absolute Gasteiger partial charge is 0.308 e. The first-order valence-corrected chi connectivity index (χ1v) is 7.48. The predicted octanol–water partition coefficient (Wildman–Crippen LogP) is 4.09. The molecule has 2 N–H and O–H groups in total.